The van der Waals surface area contributed by atoms with Crippen molar-refractivity contribution in [2.45, 2.75) is 46.2 Å². The van der Waals surface area contributed by atoms with Gasteiger partial charge in [0.2, 0.25) is 0 Å². The number of rotatable bonds is 6. The molecule has 29 heavy (non-hydrogen) atoms. The van der Waals surface area contributed by atoms with E-state index < -0.39 is 0 Å². The summed E-state index contributed by atoms with van der Waals surface area (Å²) in [6, 6.07) is 18.0. The van der Waals surface area contributed by atoms with Crippen molar-refractivity contribution in [3.8, 4) is 17.2 Å². The van der Waals surface area contributed by atoms with E-state index in [9.17, 15) is 0 Å². The fourth-order valence-electron chi connectivity index (χ4n) is 4.14. The average molecular weight is 392 g/mol. The van der Waals surface area contributed by atoms with Crippen molar-refractivity contribution >= 4 is 0 Å². The van der Waals surface area contributed by atoms with Crippen LogP contribution in [0.15, 0.2) is 54.7 Å². The van der Waals surface area contributed by atoms with Gasteiger partial charge in [-0.2, -0.15) is 0 Å². The molecule has 0 saturated heterocycles. The predicted molar refractivity (Wildman–Crippen MR) is 116 cm³/mol. The highest BCUT2D eigenvalue weighted by Crippen LogP contribution is 2.36. The van der Waals surface area contributed by atoms with Gasteiger partial charge < -0.3 is 19.4 Å². The highest BCUT2D eigenvalue weighted by atomic mass is 16.5. The molecule has 4 heteroatoms. The molecule has 1 aromatic heterocycles. The molecule has 2 heterocycles. The highest BCUT2D eigenvalue weighted by molar-refractivity contribution is 5.56. The summed E-state index contributed by atoms with van der Waals surface area (Å²) in [6.07, 6.45) is 2.15. The van der Waals surface area contributed by atoms with E-state index in [4.69, 9.17) is 9.47 Å². The van der Waals surface area contributed by atoms with Gasteiger partial charge in [-0.3, -0.25) is 0 Å². The molecule has 0 amide bonds. The van der Waals surface area contributed by atoms with Crippen molar-refractivity contribution in [1.82, 2.24) is 4.57 Å². The monoisotopic (exact) mass is 391 g/mol. The summed E-state index contributed by atoms with van der Waals surface area (Å²) < 4.78 is 14.1. The lowest BCUT2D eigenvalue weighted by molar-refractivity contribution is -0.702. The minimum Gasteiger partial charge on any atom is -0.490 e. The number of fused-ring (bicyclic) bond motifs is 3. The molecule has 2 N–H and O–H groups in total. The Balaban J connectivity index is 1.76. The molecular formula is C25H31N2O2+. The van der Waals surface area contributed by atoms with Crippen LogP contribution in [-0.4, -0.2) is 17.8 Å². The molecule has 4 rings (SSSR count). The molecule has 0 fully saturated rings. The number of ether oxygens (including phenoxy) is 2. The summed E-state index contributed by atoms with van der Waals surface area (Å²) in [5.41, 5.74) is 6.43. The van der Waals surface area contributed by atoms with Crippen LogP contribution in [0.3, 0.4) is 0 Å². The third kappa shape index (κ3) is 3.77. The summed E-state index contributed by atoms with van der Waals surface area (Å²) in [4.78, 5) is 0. The summed E-state index contributed by atoms with van der Waals surface area (Å²) in [5, 5.41) is 2.41. The van der Waals surface area contributed by atoms with Gasteiger partial charge in [-0.05, 0) is 43.5 Å². The van der Waals surface area contributed by atoms with Crippen LogP contribution in [0.5, 0.6) is 11.5 Å². The molecule has 0 saturated carbocycles. The molecule has 2 aromatic carbocycles. The predicted octanol–water partition coefficient (Wildman–Crippen LogP) is 4.56. The van der Waals surface area contributed by atoms with Crippen molar-refractivity contribution in [2.75, 3.05) is 13.2 Å². The van der Waals surface area contributed by atoms with Crippen LogP contribution in [0.25, 0.3) is 5.69 Å². The topological polar surface area (TPSA) is 40.0 Å². The highest BCUT2D eigenvalue weighted by Gasteiger charge is 2.27. The SMILES string of the molecule is CCOc1cc2c(cc1OCC)-n1cccc1[C@H](c1ccc(C(C)C)cc1)[NH2+]C2. The van der Waals surface area contributed by atoms with E-state index in [-0.39, 0.29) is 6.04 Å². The van der Waals surface area contributed by atoms with Gasteiger partial charge in [0.1, 0.15) is 6.54 Å². The van der Waals surface area contributed by atoms with E-state index >= 15 is 0 Å². The van der Waals surface area contributed by atoms with Crippen molar-refractivity contribution in [3.63, 3.8) is 0 Å². The number of quaternary nitrogens is 1. The van der Waals surface area contributed by atoms with Crippen LogP contribution in [0.1, 0.15) is 62.0 Å². The van der Waals surface area contributed by atoms with Gasteiger partial charge in [0.05, 0.1) is 24.6 Å². The maximum atomic E-state index is 5.89. The van der Waals surface area contributed by atoms with Crippen LogP contribution < -0.4 is 14.8 Å². The van der Waals surface area contributed by atoms with Crippen molar-refractivity contribution in [3.05, 3.63) is 77.1 Å². The van der Waals surface area contributed by atoms with E-state index in [2.05, 4.69) is 78.5 Å². The number of nitrogens with two attached hydrogens (primary N) is 1. The number of benzene rings is 2. The van der Waals surface area contributed by atoms with Crippen LogP contribution in [-0.2, 0) is 6.54 Å². The summed E-state index contributed by atoms with van der Waals surface area (Å²) in [7, 11) is 0. The number of aromatic nitrogens is 1. The van der Waals surface area contributed by atoms with Crippen molar-refractivity contribution in [2.24, 2.45) is 0 Å². The van der Waals surface area contributed by atoms with E-state index in [1.165, 1.54) is 28.1 Å². The lowest BCUT2D eigenvalue weighted by atomic mass is 9.98. The smallest absolute Gasteiger partial charge is 0.163 e. The Morgan fingerprint density at radius 3 is 2.34 bits per heavy atom. The molecule has 3 aromatic rings. The van der Waals surface area contributed by atoms with E-state index in [0.29, 0.717) is 19.1 Å². The third-order valence-corrected chi connectivity index (χ3v) is 5.64. The molecule has 0 unspecified atom stereocenters. The molecule has 0 aliphatic carbocycles. The van der Waals surface area contributed by atoms with Gasteiger partial charge in [-0.1, -0.05) is 38.1 Å². The zero-order chi connectivity index (χ0) is 20.4. The molecular weight excluding hydrogens is 360 g/mol. The Bertz CT molecular complexity index is 973. The lowest BCUT2D eigenvalue weighted by Crippen LogP contribution is -2.83. The second-order valence-electron chi connectivity index (χ2n) is 7.84. The fraction of sp³-hybridized carbons (Fsp3) is 0.360. The summed E-state index contributed by atoms with van der Waals surface area (Å²) in [5.74, 6) is 2.19. The van der Waals surface area contributed by atoms with E-state index in [1.807, 2.05) is 13.8 Å². The van der Waals surface area contributed by atoms with Crippen LogP contribution in [0.2, 0.25) is 0 Å². The fourth-order valence-corrected chi connectivity index (χ4v) is 4.14. The second kappa shape index (κ2) is 8.34. The molecule has 1 atom stereocenters. The van der Waals surface area contributed by atoms with Gasteiger partial charge in [-0.15, -0.1) is 0 Å². The first-order chi connectivity index (χ1) is 14.1. The minimum atomic E-state index is 0.254. The molecule has 152 valence electrons. The summed E-state index contributed by atoms with van der Waals surface area (Å²) >= 11 is 0. The zero-order valence-electron chi connectivity index (χ0n) is 17.8. The number of hydrogen-bond acceptors (Lipinski definition) is 2. The molecule has 4 nitrogen and oxygen atoms in total. The van der Waals surface area contributed by atoms with Crippen LogP contribution in [0, 0.1) is 0 Å². The third-order valence-electron chi connectivity index (χ3n) is 5.64. The molecule has 0 spiro atoms. The first-order valence-corrected chi connectivity index (χ1v) is 10.7. The van der Waals surface area contributed by atoms with Gasteiger partial charge in [0.15, 0.2) is 17.5 Å². The second-order valence-corrected chi connectivity index (χ2v) is 7.84. The molecule has 0 radical (unpaired) electrons. The Morgan fingerprint density at radius 2 is 1.69 bits per heavy atom. The first-order valence-electron chi connectivity index (χ1n) is 10.7. The van der Waals surface area contributed by atoms with Gasteiger partial charge in [-0.25, -0.2) is 0 Å². The Hall–Kier alpha value is -2.72. The normalized spacial score (nSPS) is 15.6. The maximum absolute atomic E-state index is 5.89. The molecule has 1 aliphatic rings. The van der Waals surface area contributed by atoms with Crippen LogP contribution >= 0.6 is 0 Å². The number of hydrogen-bond donors (Lipinski definition) is 1. The quantitative estimate of drug-likeness (QED) is 0.669. The lowest BCUT2D eigenvalue weighted by Gasteiger charge is -2.16. The zero-order valence-corrected chi connectivity index (χ0v) is 17.8. The van der Waals surface area contributed by atoms with Gasteiger partial charge >= 0.3 is 0 Å². The average Bonchev–Trinajstić information content (AvgIpc) is 3.14. The standard InChI is InChI=1S/C25H30N2O2/c1-5-28-23-14-20-16-26-25(19-11-9-18(10-12-19)17(3)4)21-8-7-13-27(21)22(20)15-24(23)29-6-2/h7-15,17,25-26H,5-6,16H2,1-4H3/p+1/t25-/m0/s1. The molecule has 1 aliphatic heterocycles. The first kappa shape index (κ1) is 19.6. The Labute approximate surface area is 173 Å². The molecule has 0 bridgehead atoms. The van der Waals surface area contributed by atoms with E-state index in [0.717, 1.165) is 18.0 Å². The summed E-state index contributed by atoms with van der Waals surface area (Å²) in [6.45, 7) is 10.6. The minimum absolute atomic E-state index is 0.254. The maximum Gasteiger partial charge on any atom is 0.163 e. The van der Waals surface area contributed by atoms with Gasteiger partial charge in [0.25, 0.3) is 0 Å². The van der Waals surface area contributed by atoms with Crippen LogP contribution in [0.4, 0.5) is 0 Å². The Morgan fingerprint density at radius 1 is 1.00 bits per heavy atom. The van der Waals surface area contributed by atoms with Crippen molar-refractivity contribution in [1.29, 1.82) is 0 Å². The number of nitrogens with zero attached hydrogens (tertiary/aromatic N) is 1. The largest absolute Gasteiger partial charge is 0.490 e. The van der Waals surface area contributed by atoms with E-state index in [1.54, 1.807) is 0 Å². The van der Waals surface area contributed by atoms with Crippen molar-refractivity contribution < 1.29 is 14.8 Å². The Kier molecular flexibility index (Phi) is 5.63. The van der Waals surface area contributed by atoms with Gasteiger partial charge in [0, 0.05) is 23.4 Å².